The zero-order chi connectivity index (χ0) is 29.8. The summed E-state index contributed by atoms with van der Waals surface area (Å²) in [6.45, 7) is 10.3. The number of rotatable bonds is 10. The highest BCUT2D eigenvalue weighted by Gasteiger charge is 2.40. The van der Waals surface area contributed by atoms with Crippen LogP contribution < -0.4 is 19.5 Å². The summed E-state index contributed by atoms with van der Waals surface area (Å²) in [5, 5.41) is 15.1. The predicted molar refractivity (Wildman–Crippen MR) is 160 cm³/mol. The van der Waals surface area contributed by atoms with E-state index in [9.17, 15) is 14.9 Å². The monoisotopic (exact) mass is 581 g/mol. The maximum absolute atomic E-state index is 13.1. The second kappa shape index (κ2) is 12.4. The van der Waals surface area contributed by atoms with Gasteiger partial charge in [-0.1, -0.05) is 11.6 Å². The number of nitro benzene ring substituents is 1. The van der Waals surface area contributed by atoms with E-state index in [0.717, 1.165) is 19.4 Å². The van der Waals surface area contributed by atoms with E-state index in [1.54, 1.807) is 49.6 Å². The van der Waals surface area contributed by atoms with Gasteiger partial charge in [0.25, 0.3) is 5.91 Å². The minimum absolute atomic E-state index is 0.00840. The molecule has 0 aliphatic carbocycles. The molecule has 1 saturated heterocycles. The zero-order valence-corrected chi connectivity index (χ0v) is 24.8. The van der Waals surface area contributed by atoms with Gasteiger partial charge in [0.15, 0.2) is 11.5 Å². The van der Waals surface area contributed by atoms with Gasteiger partial charge in [0.1, 0.15) is 12.4 Å². The number of amides is 1. The van der Waals surface area contributed by atoms with Crippen LogP contribution in [0.25, 0.3) is 0 Å². The summed E-state index contributed by atoms with van der Waals surface area (Å²) in [6, 6.07) is 15.6. The number of halogens is 1. The number of nitrogens with zero attached hydrogens (tertiary/aromatic N) is 2. The SMILES string of the molecule is COc1ccc(NC(=O)c2ccc(Oc3ccc(Cl)cc3)c([N+](=O)[O-])c2)cc1OCCN1C(C)(C)CCCC1(C)C. The Morgan fingerprint density at radius 3 is 2.27 bits per heavy atom. The van der Waals surface area contributed by atoms with Crippen molar-refractivity contribution >= 4 is 28.9 Å². The van der Waals surface area contributed by atoms with Gasteiger partial charge < -0.3 is 19.5 Å². The standard InChI is InChI=1S/C31H36ClN3O6/c1-30(2)15-6-16-31(3,4)34(30)17-18-40-28-20-23(10-14-27(28)39-5)33-29(36)21-7-13-26(25(19-21)35(37)38)41-24-11-8-22(32)9-12-24/h7-14,19-20H,6,15-18H2,1-5H3,(H,33,36). The number of carbonyl (C=O) groups excluding carboxylic acids is 1. The molecule has 0 aromatic heterocycles. The number of nitrogens with one attached hydrogen (secondary N) is 1. The number of benzene rings is 3. The summed E-state index contributed by atoms with van der Waals surface area (Å²) < 4.78 is 17.3. The lowest BCUT2D eigenvalue weighted by molar-refractivity contribution is -0.385. The van der Waals surface area contributed by atoms with Crippen LogP contribution in [-0.2, 0) is 0 Å². The van der Waals surface area contributed by atoms with Crippen LogP contribution in [0.1, 0.15) is 57.3 Å². The van der Waals surface area contributed by atoms with E-state index in [-0.39, 0.29) is 28.1 Å². The lowest BCUT2D eigenvalue weighted by Crippen LogP contribution is -2.59. The van der Waals surface area contributed by atoms with E-state index in [1.807, 2.05) is 0 Å². The maximum Gasteiger partial charge on any atom is 0.312 e. The molecule has 0 radical (unpaired) electrons. The first-order chi connectivity index (χ1) is 19.4. The molecule has 218 valence electrons. The van der Waals surface area contributed by atoms with Crippen LogP contribution in [0.4, 0.5) is 11.4 Å². The van der Waals surface area contributed by atoms with Crippen molar-refractivity contribution in [1.82, 2.24) is 4.90 Å². The zero-order valence-electron chi connectivity index (χ0n) is 24.0. The molecule has 4 rings (SSSR count). The average Bonchev–Trinajstić information content (AvgIpc) is 2.91. The third-order valence-corrected chi connectivity index (χ3v) is 7.74. The van der Waals surface area contributed by atoms with Gasteiger partial charge in [-0.3, -0.25) is 19.8 Å². The van der Waals surface area contributed by atoms with Crippen LogP contribution in [0.15, 0.2) is 60.7 Å². The van der Waals surface area contributed by atoms with Crippen LogP contribution >= 0.6 is 11.6 Å². The molecule has 41 heavy (non-hydrogen) atoms. The Bertz CT molecular complexity index is 1390. The van der Waals surface area contributed by atoms with Gasteiger partial charge >= 0.3 is 5.69 Å². The van der Waals surface area contributed by atoms with Crippen molar-refractivity contribution < 1.29 is 23.9 Å². The molecular weight excluding hydrogens is 546 g/mol. The predicted octanol–water partition coefficient (Wildman–Crippen LogP) is 7.72. The fourth-order valence-corrected chi connectivity index (χ4v) is 5.61. The first-order valence-electron chi connectivity index (χ1n) is 13.5. The van der Waals surface area contributed by atoms with Crippen LogP contribution in [0.3, 0.4) is 0 Å². The highest BCUT2D eigenvalue weighted by atomic mass is 35.5. The Morgan fingerprint density at radius 2 is 1.63 bits per heavy atom. The molecule has 1 heterocycles. The van der Waals surface area contributed by atoms with Gasteiger partial charge in [-0.25, -0.2) is 0 Å². The Hall–Kier alpha value is -3.82. The van der Waals surface area contributed by atoms with Gasteiger partial charge in [0.2, 0.25) is 5.75 Å². The largest absolute Gasteiger partial charge is 0.493 e. The lowest BCUT2D eigenvalue weighted by Gasteiger charge is -2.53. The number of ether oxygens (including phenoxy) is 3. The fraction of sp³-hybridized carbons (Fsp3) is 0.387. The molecule has 0 saturated carbocycles. The molecule has 3 aromatic rings. The van der Waals surface area contributed by atoms with E-state index in [2.05, 4.69) is 37.9 Å². The van der Waals surface area contributed by atoms with Crippen molar-refractivity contribution in [1.29, 1.82) is 0 Å². The molecule has 1 N–H and O–H groups in total. The van der Waals surface area contributed by atoms with Gasteiger partial charge in [0.05, 0.1) is 12.0 Å². The Balaban J connectivity index is 1.46. The second-order valence-electron chi connectivity index (χ2n) is 11.3. The lowest BCUT2D eigenvalue weighted by atomic mass is 9.80. The van der Waals surface area contributed by atoms with Crippen molar-refractivity contribution in [2.24, 2.45) is 0 Å². The number of piperidine rings is 1. The van der Waals surface area contributed by atoms with Crippen molar-refractivity contribution in [2.75, 3.05) is 25.6 Å². The van der Waals surface area contributed by atoms with E-state index >= 15 is 0 Å². The fourth-order valence-electron chi connectivity index (χ4n) is 5.48. The van der Waals surface area contributed by atoms with Crippen molar-refractivity contribution in [3.8, 4) is 23.0 Å². The first kappa shape index (κ1) is 30.1. The average molecular weight is 582 g/mol. The number of hydrogen-bond acceptors (Lipinski definition) is 7. The second-order valence-corrected chi connectivity index (χ2v) is 11.7. The van der Waals surface area contributed by atoms with E-state index in [1.165, 1.54) is 24.6 Å². The van der Waals surface area contributed by atoms with Gasteiger partial charge in [-0.05, 0) is 95.5 Å². The third-order valence-electron chi connectivity index (χ3n) is 7.49. The van der Waals surface area contributed by atoms with Crippen LogP contribution in [-0.4, -0.2) is 47.1 Å². The maximum atomic E-state index is 13.1. The molecule has 3 aromatic carbocycles. The number of carbonyl (C=O) groups is 1. The minimum atomic E-state index is -0.591. The molecule has 0 unspecified atom stereocenters. The molecular formula is C31H36ClN3O6. The van der Waals surface area contributed by atoms with E-state index in [4.69, 9.17) is 25.8 Å². The number of anilines is 1. The van der Waals surface area contributed by atoms with Crippen LogP contribution in [0.2, 0.25) is 5.02 Å². The molecule has 0 atom stereocenters. The smallest absolute Gasteiger partial charge is 0.312 e. The molecule has 1 fully saturated rings. The highest BCUT2D eigenvalue weighted by molar-refractivity contribution is 6.30. The van der Waals surface area contributed by atoms with Gasteiger partial charge in [-0.15, -0.1) is 0 Å². The van der Waals surface area contributed by atoms with Crippen LogP contribution in [0.5, 0.6) is 23.0 Å². The molecule has 0 bridgehead atoms. The Kier molecular flexibility index (Phi) is 9.09. The van der Waals surface area contributed by atoms with E-state index in [0.29, 0.717) is 34.6 Å². The molecule has 10 heteroatoms. The highest BCUT2D eigenvalue weighted by Crippen LogP contribution is 2.38. The number of hydrogen-bond donors (Lipinski definition) is 1. The number of likely N-dealkylation sites (tertiary alicyclic amines) is 1. The number of nitro groups is 1. The van der Waals surface area contributed by atoms with Gasteiger partial charge in [0, 0.05) is 46.0 Å². The summed E-state index contributed by atoms with van der Waals surface area (Å²) in [7, 11) is 1.56. The molecule has 1 aliphatic heterocycles. The van der Waals surface area contributed by atoms with Crippen molar-refractivity contribution in [2.45, 2.75) is 58.0 Å². The summed E-state index contributed by atoms with van der Waals surface area (Å²) in [6.07, 6.45) is 3.47. The quantitative estimate of drug-likeness (QED) is 0.193. The molecule has 1 amide bonds. The van der Waals surface area contributed by atoms with Crippen molar-refractivity contribution in [3.63, 3.8) is 0 Å². The van der Waals surface area contributed by atoms with E-state index < -0.39 is 10.8 Å². The summed E-state index contributed by atoms with van der Waals surface area (Å²) in [4.78, 5) is 26.7. The minimum Gasteiger partial charge on any atom is -0.493 e. The number of methoxy groups -OCH3 is 1. The molecule has 0 spiro atoms. The molecule has 1 aliphatic rings. The van der Waals surface area contributed by atoms with Gasteiger partial charge in [-0.2, -0.15) is 0 Å². The summed E-state index contributed by atoms with van der Waals surface area (Å²) in [5.74, 6) is 0.913. The van der Waals surface area contributed by atoms with Crippen LogP contribution in [0, 0.1) is 10.1 Å². The van der Waals surface area contributed by atoms with Crippen molar-refractivity contribution in [3.05, 3.63) is 81.4 Å². The molecule has 9 nitrogen and oxygen atoms in total. The topological polar surface area (TPSA) is 103 Å². The third kappa shape index (κ3) is 7.28. The Labute approximate surface area is 245 Å². The normalized spacial score (nSPS) is 16.0. The Morgan fingerprint density at radius 1 is 0.976 bits per heavy atom. The summed E-state index contributed by atoms with van der Waals surface area (Å²) in [5.41, 5.74) is 0.378. The summed E-state index contributed by atoms with van der Waals surface area (Å²) >= 11 is 5.90. The first-order valence-corrected chi connectivity index (χ1v) is 13.9.